The number of hydrogen-bond acceptors (Lipinski definition) is 5. The third kappa shape index (κ3) is 4.47. The molecule has 7 heteroatoms. The van der Waals surface area contributed by atoms with Gasteiger partial charge in [-0.25, -0.2) is 12.4 Å². The van der Waals surface area contributed by atoms with Gasteiger partial charge in [-0.2, -0.15) is 0 Å². The van der Waals surface area contributed by atoms with Crippen LogP contribution in [0.25, 0.3) is 28.1 Å². The average Bonchev–Trinajstić information content (AvgIpc) is 3.16. The van der Waals surface area contributed by atoms with Crippen LogP contribution in [0.5, 0.6) is 11.5 Å². The molecule has 0 atom stereocenters. The molecule has 0 aliphatic rings. The summed E-state index contributed by atoms with van der Waals surface area (Å²) < 4.78 is 40.4. The van der Waals surface area contributed by atoms with E-state index in [0.717, 1.165) is 16.7 Å². The lowest BCUT2D eigenvalue weighted by atomic mass is 10.00. The van der Waals surface area contributed by atoms with Crippen molar-refractivity contribution in [1.29, 1.82) is 0 Å². The molecule has 0 unspecified atom stereocenters. The summed E-state index contributed by atoms with van der Waals surface area (Å²) in [5.41, 5.74) is 4.30. The molecule has 0 aliphatic carbocycles. The molecule has 0 aliphatic heterocycles. The monoisotopic (exact) mass is 489 g/mol. The molecule has 0 spiro atoms. The number of allylic oxidation sites excluding steroid dienone is 1. The van der Waals surface area contributed by atoms with Crippen molar-refractivity contribution < 1.29 is 22.7 Å². The van der Waals surface area contributed by atoms with Crippen molar-refractivity contribution in [1.82, 2.24) is 3.97 Å². The Morgan fingerprint density at radius 1 is 0.857 bits per heavy atom. The van der Waals surface area contributed by atoms with Crippen molar-refractivity contribution in [2.75, 3.05) is 14.2 Å². The molecule has 0 saturated heterocycles. The molecule has 35 heavy (non-hydrogen) atoms. The highest BCUT2D eigenvalue weighted by molar-refractivity contribution is 7.90. The first-order valence-electron chi connectivity index (χ1n) is 11.1. The summed E-state index contributed by atoms with van der Waals surface area (Å²) in [7, 11) is -1.01. The molecule has 4 rings (SSSR count). The Bertz CT molecular complexity index is 1540. The number of benzene rings is 3. The van der Waals surface area contributed by atoms with E-state index in [0.29, 0.717) is 33.7 Å². The van der Waals surface area contributed by atoms with Gasteiger partial charge in [0.25, 0.3) is 10.0 Å². The second kappa shape index (κ2) is 9.43. The van der Waals surface area contributed by atoms with Crippen LogP contribution >= 0.6 is 0 Å². The maximum atomic E-state index is 14.0. The smallest absolute Gasteiger partial charge is 0.268 e. The van der Waals surface area contributed by atoms with Crippen molar-refractivity contribution in [3.05, 3.63) is 83.6 Å². The summed E-state index contributed by atoms with van der Waals surface area (Å²) in [6, 6.07) is 17.9. The summed E-state index contributed by atoms with van der Waals surface area (Å²) in [4.78, 5) is 12.0. The zero-order chi connectivity index (χ0) is 25.3. The Balaban J connectivity index is 2.20. The third-order valence-electron chi connectivity index (χ3n) is 5.84. The summed E-state index contributed by atoms with van der Waals surface area (Å²) in [5, 5.41) is 0.658. The van der Waals surface area contributed by atoms with Crippen molar-refractivity contribution in [3.8, 4) is 22.6 Å². The maximum Gasteiger partial charge on any atom is 0.268 e. The van der Waals surface area contributed by atoms with Gasteiger partial charge in [0.05, 0.1) is 30.3 Å². The molecule has 0 amide bonds. The Hall–Kier alpha value is -3.84. The highest BCUT2D eigenvalue weighted by Gasteiger charge is 2.28. The number of carbonyl (C=O) groups excluding carboxylic acids is 1. The van der Waals surface area contributed by atoms with Crippen LogP contribution in [-0.4, -0.2) is 32.4 Å². The lowest BCUT2D eigenvalue weighted by Gasteiger charge is -2.12. The van der Waals surface area contributed by atoms with Crippen LogP contribution < -0.4 is 9.47 Å². The SMILES string of the molecule is COc1cc2c(-c3ccc(C)cc3)c(/C=C/C(C)=O)n(S(=O)(=O)c3ccc(C)cc3)c2cc1OC. The van der Waals surface area contributed by atoms with Gasteiger partial charge < -0.3 is 9.47 Å². The van der Waals surface area contributed by atoms with Crippen LogP contribution in [0.15, 0.2) is 71.6 Å². The second-order valence-electron chi connectivity index (χ2n) is 8.38. The summed E-state index contributed by atoms with van der Waals surface area (Å²) in [6.07, 6.45) is 2.93. The quantitative estimate of drug-likeness (QED) is 0.308. The van der Waals surface area contributed by atoms with E-state index in [1.54, 1.807) is 42.5 Å². The Kier molecular flexibility index (Phi) is 6.54. The van der Waals surface area contributed by atoms with Gasteiger partial charge in [0.2, 0.25) is 0 Å². The number of carbonyl (C=O) groups is 1. The first kappa shape index (κ1) is 24.3. The predicted molar refractivity (Wildman–Crippen MR) is 139 cm³/mol. The number of nitrogens with zero attached hydrogens (tertiary/aromatic N) is 1. The topological polar surface area (TPSA) is 74.6 Å². The van der Waals surface area contributed by atoms with E-state index < -0.39 is 10.0 Å². The lowest BCUT2D eigenvalue weighted by molar-refractivity contribution is -0.112. The van der Waals surface area contributed by atoms with Crippen LogP contribution in [0.2, 0.25) is 0 Å². The predicted octanol–water partition coefficient (Wildman–Crippen LogP) is 5.78. The standard InChI is InChI=1S/C28H27NO5S/c1-18-6-11-21(12-7-18)28-23-16-26(33-4)27(34-5)17-25(23)29(24(28)15-10-20(3)30)35(31,32)22-13-8-19(2)9-14-22/h6-17H,1-5H3/b15-10+. The molecule has 0 radical (unpaired) electrons. The number of rotatable bonds is 7. The normalized spacial score (nSPS) is 11.8. The van der Waals surface area contributed by atoms with Gasteiger partial charge in [0.1, 0.15) is 0 Å². The van der Waals surface area contributed by atoms with Gasteiger partial charge in [-0.05, 0) is 56.7 Å². The molecular weight excluding hydrogens is 462 g/mol. The number of methoxy groups -OCH3 is 2. The molecule has 3 aromatic carbocycles. The largest absolute Gasteiger partial charge is 0.493 e. The van der Waals surface area contributed by atoms with Crippen LogP contribution in [-0.2, 0) is 14.8 Å². The molecule has 1 aromatic heterocycles. The Morgan fingerprint density at radius 3 is 1.94 bits per heavy atom. The fourth-order valence-corrected chi connectivity index (χ4v) is 5.56. The van der Waals surface area contributed by atoms with Gasteiger partial charge in [0, 0.05) is 17.0 Å². The van der Waals surface area contributed by atoms with Gasteiger partial charge in [-0.3, -0.25) is 4.79 Å². The zero-order valence-corrected chi connectivity index (χ0v) is 21.1. The summed E-state index contributed by atoms with van der Waals surface area (Å²) >= 11 is 0. The van der Waals surface area contributed by atoms with Crippen LogP contribution in [0.1, 0.15) is 23.7 Å². The van der Waals surface area contributed by atoms with Crippen molar-refractivity contribution >= 4 is 32.8 Å². The molecule has 6 nitrogen and oxygen atoms in total. The highest BCUT2D eigenvalue weighted by Crippen LogP contribution is 2.43. The van der Waals surface area contributed by atoms with Crippen molar-refractivity contribution in [3.63, 3.8) is 0 Å². The van der Waals surface area contributed by atoms with E-state index in [2.05, 4.69) is 0 Å². The molecule has 0 fully saturated rings. The maximum absolute atomic E-state index is 14.0. The van der Waals surface area contributed by atoms with E-state index in [1.165, 1.54) is 31.2 Å². The Labute approximate surface area is 205 Å². The molecule has 0 saturated carbocycles. The second-order valence-corrected chi connectivity index (χ2v) is 10.2. The summed E-state index contributed by atoms with van der Waals surface area (Å²) in [6.45, 7) is 5.31. The summed E-state index contributed by atoms with van der Waals surface area (Å²) in [5.74, 6) is 0.676. The highest BCUT2D eigenvalue weighted by atomic mass is 32.2. The number of ketones is 1. The molecule has 4 aromatic rings. The molecular formula is C28H27NO5S. The number of ether oxygens (including phenoxy) is 2. The third-order valence-corrected chi connectivity index (χ3v) is 7.58. The van der Waals surface area contributed by atoms with Crippen LogP contribution in [0, 0.1) is 13.8 Å². The van der Waals surface area contributed by atoms with E-state index in [9.17, 15) is 13.2 Å². The first-order valence-corrected chi connectivity index (χ1v) is 12.5. The molecule has 0 N–H and O–H groups in total. The fraction of sp³-hybridized carbons (Fsp3) is 0.179. The molecule has 0 bridgehead atoms. The van der Waals surface area contributed by atoms with Crippen molar-refractivity contribution in [2.45, 2.75) is 25.7 Å². The van der Waals surface area contributed by atoms with E-state index in [1.807, 2.05) is 38.1 Å². The average molecular weight is 490 g/mol. The molecule has 1 heterocycles. The molecule has 180 valence electrons. The number of aromatic nitrogens is 1. The zero-order valence-electron chi connectivity index (χ0n) is 20.3. The first-order chi connectivity index (χ1) is 16.7. The number of fused-ring (bicyclic) bond motifs is 1. The van der Waals surface area contributed by atoms with E-state index >= 15 is 0 Å². The fourth-order valence-electron chi connectivity index (χ4n) is 4.05. The Morgan fingerprint density at radius 2 is 1.40 bits per heavy atom. The van der Waals surface area contributed by atoms with Gasteiger partial charge in [-0.1, -0.05) is 47.5 Å². The van der Waals surface area contributed by atoms with E-state index in [4.69, 9.17) is 9.47 Å². The number of aryl methyl sites for hydroxylation is 2. The van der Waals surface area contributed by atoms with Crippen molar-refractivity contribution in [2.24, 2.45) is 0 Å². The van der Waals surface area contributed by atoms with Gasteiger partial charge in [0.15, 0.2) is 17.3 Å². The van der Waals surface area contributed by atoms with Gasteiger partial charge >= 0.3 is 0 Å². The van der Waals surface area contributed by atoms with Crippen LogP contribution in [0.4, 0.5) is 0 Å². The minimum absolute atomic E-state index is 0.141. The minimum Gasteiger partial charge on any atom is -0.493 e. The lowest BCUT2D eigenvalue weighted by Crippen LogP contribution is -2.14. The minimum atomic E-state index is -4.04. The van der Waals surface area contributed by atoms with E-state index in [-0.39, 0.29) is 10.7 Å². The van der Waals surface area contributed by atoms with Gasteiger partial charge in [-0.15, -0.1) is 0 Å². The number of hydrogen-bond donors (Lipinski definition) is 0. The van der Waals surface area contributed by atoms with Crippen LogP contribution in [0.3, 0.4) is 0 Å².